The third kappa shape index (κ3) is 2.34. The van der Waals surface area contributed by atoms with Gasteiger partial charge >= 0.3 is 0 Å². The van der Waals surface area contributed by atoms with Gasteiger partial charge in [-0.15, -0.1) is 11.3 Å². The largest absolute Gasteiger partial charge is 0.349 e. The van der Waals surface area contributed by atoms with Gasteiger partial charge in [0, 0.05) is 25.5 Å². The van der Waals surface area contributed by atoms with E-state index in [0.29, 0.717) is 13.1 Å². The van der Waals surface area contributed by atoms with Crippen molar-refractivity contribution in [3.05, 3.63) is 41.7 Å². The van der Waals surface area contributed by atoms with Crippen LogP contribution >= 0.6 is 11.3 Å². The summed E-state index contributed by atoms with van der Waals surface area (Å²) in [5, 5.41) is 9.11. The van der Waals surface area contributed by atoms with E-state index in [4.69, 9.17) is 0 Å². The molecule has 0 bridgehead atoms. The molecule has 0 aliphatic carbocycles. The second-order valence-corrected chi connectivity index (χ2v) is 5.42. The number of nitrogens with zero attached hydrogens (tertiary/aromatic N) is 3. The first kappa shape index (κ1) is 12.9. The van der Waals surface area contributed by atoms with Crippen molar-refractivity contribution in [3.8, 4) is 0 Å². The smallest absolute Gasteiger partial charge is 0.268 e. The SMILES string of the molecule is CCn1c(C(=O)NCCn2cccn2)cc2sccc21. The average molecular weight is 288 g/mol. The highest BCUT2D eigenvalue weighted by atomic mass is 32.1. The first-order valence-corrected chi connectivity index (χ1v) is 7.50. The van der Waals surface area contributed by atoms with Crippen LogP contribution in [0.25, 0.3) is 10.2 Å². The Morgan fingerprint density at radius 2 is 2.40 bits per heavy atom. The molecule has 0 saturated heterocycles. The number of fused-ring (bicyclic) bond motifs is 1. The van der Waals surface area contributed by atoms with E-state index in [2.05, 4.69) is 33.4 Å². The maximum absolute atomic E-state index is 12.3. The van der Waals surface area contributed by atoms with Crippen LogP contribution in [0.1, 0.15) is 17.4 Å². The molecule has 0 radical (unpaired) electrons. The van der Waals surface area contributed by atoms with Gasteiger partial charge in [-0.1, -0.05) is 0 Å². The molecule has 5 nitrogen and oxygen atoms in total. The summed E-state index contributed by atoms with van der Waals surface area (Å²) in [7, 11) is 0. The van der Waals surface area contributed by atoms with Gasteiger partial charge in [0.2, 0.25) is 0 Å². The molecule has 0 aliphatic rings. The fourth-order valence-corrected chi connectivity index (χ4v) is 3.14. The van der Waals surface area contributed by atoms with Crippen LogP contribution in [0.2, 0.25) is 0 Å². The van der Waals surface area contributed by atoms with Crippen molar-refractivity contribution in [2.75, 3.05) is 6.54 Å². The molecule has 1 amide bonds. The zero-order valence-electron chi connectivity index (χ0n) is 11.2. The third-order valence-electron chi connectivity index (χ3n) is 3.26. The van der Waals surface area contributed by atoms with E-state index in [-0.39, 0.29) is 5.91 Å². The van der Waals surface area contributed by atoms with Gasteiger partial charge in [0.1, 0.15) is 5.69 Å². The van der Waals surface area contributed by atoms with Gasteiger partial charge in [-0.25, -0.2) is 0 Å². The highest BCUT2D eigenvalue weighted by molar-refractivity contribution is 7.17. The molecule has 20 heavy (non-hydrogen) atoms. The molecule has 6 heteroatoms. The number of hydrogen-bond acceptors (Lipinski definition) is 3. The van der Waals surface area contributed by atoms with Crippen molar-refractivity contribution in [1.29, 1.82) is 0 Å². The van der Waals surface area contributed by atoms with Gasteiger partial charge in [-0.05, 0) is 30.5 Å². The van der Waals surface area contributed by atoms with E-state index in [1.54, 1.807) is 22.2 Å². The number of aromatic nitrogens is 3. The van der Waals surface area contributed by atoms with Gasteiger partial charge in [-0.3, -0.25) is 9.48 Å². The number of thiophene rings is 1. The Balaban J connectivity index is 1.70. The van der Waals surface area contributed by atoms with Gasteiger partial charge in [0.05, 0.1) is 16.8 Å². The van der Waals surface area contributed by atoms with E-state index in [1.165, 1.54) is 0 Å². The topological polar surface area (TPSA) is 51.9 Å². The van der Waals surface area contributed by atoms with Crippen LogP contribution in [-0.4, -0.2) is 26.8 Å². The molecule has 3 aromatic rings. The number of aryl methyl sites for hydroxylation is 1. The molecule has 1 N–H and O–H groups in total. The lowest BCUT2D eigenvalue weighted by atomic mass is 10.4. The maximum atomic E-state index is 12.3. The minimum Gasteiger partial charge on any atom is -0.349 e. The van der Waals surface area contributed by atoms with Gasteiger partial charge < -0.3 is 9.88 Å². The van der Waals surface area contributed by atoms with Crippen LogP contribution in [0.5, 0.6) is 0 Å². The van der Waals surface area contributed by atoms with Crippen LogP contribution in [0.3, 0.4) is 0 Å². The predicted octanol–water partition coefficient (Wildman–Crippen LogP) is 2.35. The summed E-state index contributed by atoms with van der Waals surface area (Å²) in [6.07, 6.45) is 3.62. The molecule has 3 aromatic heterocycles. The quantitative estimate of drug-likeness (QED) is 0.783. The van der Waals surface area contributed by atoms with Crippen molar-refractivity contribution in [2.45, 2.75) is 20.0 Å². The highest BCUT2D eigenvalue weighted by Gasteiger charge is 2.14. The van der Waals surface area contributed by atoms with Crippen LogP contribution in [0, 0.1) is 0 Å². The molecule has 0 aliphatic heterocycles. The van der Waals surface area contributed by atoms with Crippen LogP contribution in [0.4, 0.5) is 0 Å². The fraction of sp³-hybridized carbons (Fsp3) is 0.286. The molecule has 0 unspecified atom stereocenters. The second-order valence-electron chi connectivity index (χ2n) is 4.47. The van der Waals surface area contributed by atoms with Crippen molar-refractivity contribution in [1.82, 2.24) is 19.7 Å². The minimum atomic E-state index is -0.0255. The van der Waals surface area contributed by atoms with Crippen LogP contribution in [0.15, 0.2) is 36.0 Å². The Bertz CT molecular complexity index is 711. The zero-order valence-corrected chi connectivity index (χ0v) is 12.1. The molecule has 0 atom stereocenters. The first-order chi connectivity index (χ1) is 9.79. The Labute approximate surface area is 120 Å². The summed E-state index contributed by atoms with van der Waals surface area (Å²) in [5.74, 6) is -0.0255. The van der Waals surface area contributed by atoms with E-state index in [1.807, 2.05) is 18.3 Å². The summed E-state index contributed by atoms with van der Waals surface area (Å²) in [6, 6.07) is 5.90. The molecule has 3 heterocycles. The van der Waals surface area contributed by atoms with E-state index >= 15 is 0 Å². The number of amides is 1. The molecular formula is C14H16N4OS. The maximum Gasteiger partial charge on any atom is 0.268 e. The summed E-state index contributed by atoms with van der Waals surface area (Å²) < 4.78 is 5.01. The van der Waals surface area contributed by atoms with E-state index in [0.717, 1.165) is 22.5 Å². The zero-order chi connectivity index (χ0) is 13.9. The monoisotopic (exact) mass is 288 g/mol. The lowest BCUT2D eigenvalue weighted by Crippen LogP contribution is -2.29. The van der Waals surface area contributed by atoms with Gasteiger partial charge in [0.25, 0.3) is 5.91 Å². The number of nitrogens with one attached hydrogen (secondary N) is 1. The number of carbonyl (C=O) groups excluding carboxylic acids is 1. The summed E-state index contributed by atoms with van der Waals surface area (Å²) in [4.78, 5) is 12.3. The third-order valence-corrected chi connectivity index (χ3v) is 4.11. The molecule has 3 rings (SSSR count). The minimum absolute atomic E-state index is 0.0255. The van der Waals surface area contributed by atoms with E-state index in [9.17, 15) is 4.79 Å². The molecule has 0 aromatic carbocycles. The molecule has 0 fully saturated rings. The summed E-state index contributed by atoms with van der Waals surface area (Å²) >= 11 is 1.66. The van der Waals surface area contributed by atoms with Crippen molar-refractivity contribution in [2.24, 2.45) is 0 Å². The molecule has 0 saturated carbocycles. The number of rotatable bonds is 5. The Kier molecular flexibility index (Phi) is 3.56. The average Bonchev–Trinajstić information content (AvgIpc) is 3.14. The molecule has 0 spiro atoms. The fourth-order valence-electron chi connectivity index (χ4n) is 2.31. The Morgan fingerprint density at radius 1 is 1.50 bits per heavy atom. The van der Waals surface area contributed by atoms with Crippen molar-refractivity contribution in [3.63, 3.8) is 0 Å². The predicted molar refractivity (Wildman–Crippen MR) is 80.0 cm³/mol. The molecule has 104 valence electrons. The standard InChI is InChI=1S/C14H16N4OS/c1-2-18-11-4-9-20-13(11)10-12(18)14(19)15-6-8-17-7-3-5-16-17/h3-5,7,9-10H,2,6,8H2,1H3,(H,15,19). The van der Waals surface area contributed by atoms with Crippen molar-refractivity contribution < 1.29 is 4.79 Å². The highest BCUT2D eigenvalue weighted by Crippen LogP contribution is 2.25. The first-order valence-electron chi connectivity index (χ1n) is 6.62. The number of carbonyl (C=O) groups is 1. The van der Waals surface area contributed by atoms with Gasteiger partial charge in [-0.2, -0.15) is 5.10 Å². The lowest BCUT2D eigenvalue weighted by Gasteiger charge is -2.08. The Morgan fingerprint density at radius 3 is 3.15 bits per heavy atom. The normalized spacial score (nSPS) is 11.1. The summed E-state index contributed by atoms with van der Waals surface area (Å²) in [5.41, 5.74) is 1.87. The van der Waals surface area contributed by atoms with E-state index < -0.39 is 0 Å². The molecular weight excluding hydrogens is 272 g/mol. The number of hydrogen-bond donors (Lipinski definition) is 1. The second kappa shape index (κ2) is 5.50. The Hall–Kier alpha value is -2.08. The van der Waals surface area contributed by atoms with Crippen LogP contribution in [-0.2, 0) is 13.1 Å². The lowest BCUT2D eigenvalue weighted by molar-refractivity contribution is 0.0943. The van der Waals surface area contributed by atoms with Crippen molar-refractivity contribution >= 4 is 27.5 Å². The van der Waals surface area contributed by atoms with Crippen LogP contribution < -0.4 is 5.32 Å². The summed E-state index contributed by atoms with van der Waals surface area (Å²) in [6.45, 7) is 4.10. The van der Waals surface area contributed by atoms with Gasteiger partial charge in [0.15, 0.2) is 0 Å².